The highest BCUT2D eigenvalue weighted by Crippen LogP contribution is 2.12. The maximum atomic E-state index is 4.09. The molecule has 1 aliphatic rings. The minimum atomic E-state index is 1.03. The topological polar surface area (TPSA) is 33.1 Å². The molecule has 1 aromatic carbocycles. The maximum Gasteiger partial charge on any atom is 0.0991 e. The van der Waals surface area contributed by atoms with Crippen molar-refractivity contribution in [3.63, 3.8) is 0 Å². The van der Waals surface area contributed by atoms with Crippen LogP contribution in [-0.2, 0) is 6.54 Å². The third-order valence-corrected chi connectivity index (χ3v) is 3.33. The highest BCUT2D eigenvalue weighted by molar-refractivity contribution is 5.35. The number of imidazole rings is 1. The monoisotopic (exact) mass is 242 g/mol. The maximum absolute atomic E-state index is 4.09. The molecule has 94 valence electrons. The van der Waals surface area contributed by atoms with Crippen molar-refractivity contribution in [2.45, 2.75) is 6.54 Å². The van der Waals surface area contributed by atoms with Gasteiger partial charge >= 0.3 is 0 Å². The van der Waals surface area contributed by atoms with Gasteiger partial charge in [0, 0.05) is 50.8 Å². The van der Waals surface area contributed by atoms with Crippen LogP contribution in [0.25, 0.3) is 5.69 Å². The third-order valence-electron chi connectivity index (χ3n) is 3.33. The number of hydrogen-bond acceptors (Lipinski definition) is 3. The van der Waals surface area contributed by atoms with E-state index in [1.165, 1.54) is 11.3 Å². The fourth-order valence-electron chi connectivity index (χ4n) is 2.35. The first kappa shape index (κ1) is 11.4. The van der Waals surface area contributed by atoms with Gasteiger partial charge < -0.3 is 9.88 Å². The van der Waals surface area contributed by atoms with Gasteiger partial charge in [-0.25, -0.2) is 4.98 Å². The first-order valence-corrected chi connectivity index (χ1v) is 6.42. The van der Waals surface area contributed by atoms with E-state index in [1.807, 2.05) is 23.3 Å². The molecule has 0 bridgehead atoms. The first-order chi connectivity index (χ1) is 8.92. The predicted octanol–water partition coefficient (Wildman–Crippen LogP) is 1.28. The Balaban J connectivity index is 1.74. The molecule has 2 heterocycles. The Morgan fingerprint density at radius 1 is 1.22 bits per heavy atom. The van der Waals surface area contributed by atoms with Crippen molar-refractivity contribution in [1.29, 1.82) is 0 Å². The smallest absolute Gasteiger partial charge is 0.0991 e. The molecule has 0 saturated carbocycles. The molecule has 1 saturated heterocycles. The molecule has 0 aliphatic carbocycles. The fraction of sp³-hybridized carbons (Fsp3) is 0.357. The molecule has 1 aliphatic heterocycles. The average Bonchev–Trinajstić information content (AvgIpc) is 2.94. The molecule has 1 N–H and O–H groups in total. The number of nitrogens with one attached hydrogen (secondary N) is 1. The van der Waals surface area contributed by atoms with Gasteiger partial charge in [0.25, 0.3) is 0 Å². The summed E-state index contributed by atoms with van der Waals surface area (Å²) in [5.41, 5.74) is 2.54. The van der Waals surface area contributed by atoms with Crippen LogP contribution in [0.4, 0.5) is 0 Å². The Kier molecular flexibility index (Phi) is 3.39. The van der Waals surface area contributed by atoms with Gasteiger partial charge in [0.1, 0.15) is 0 Å². The summed E-state index contributed by atoms with van der Waals surface area (Å²) in [6.45, 7) is 5.50. The number of nitrogens with zero attached hydrogens (tertiary/aromatic N) is 3. The average molecular weight is 242 g/mol. The quantitative estimate of drug-likeness (QED) is 0.880. The van der Waals surface area contributed by atoms with Crippen LogP contribution >= 0.6 is 0 Å². The standard InChI is InChI=1S/C14H18N4/c1-2-13(11-17-7-4-15-5-8-17)10-14(3-1)18-9-6-16-12-18/h1-3,6,9-10,12,15H,4-5,7-8,11H2. The summed E-state index contributed by atoms with van der Waals surface area (Å²) < 4.78 is 2.04. The second-order valence-electron chi connectivity index (χ2n) is 4.67. The molecule has 0 spiro atoms. The van der Waals surface area contributed by atoms with E-state index in [9.17, 15) is 0 Å². The number of rotatable bonds is 3. The van der Waals surface area contributed by atoms with Crippen molar-refractivity contribution >= 4 is 0 Å². The Bertz CT molecular complexity index is 486. The van der Waals surface area contributed by atoms with E-state index in [0.29, 0.717) is 0 Å². The Morgan fingerprint density at radius 3 is 2.89 bits per heavy atom. The van der Waals surface area contributed by atoms with Crippen LogP contribution in [0.15, 0.2) is 43.0 Å². The molecule has 4 nitrogen and oxygen atoms in total. The molecule has 2 aromatic rings. The first-order valence-electron chi connectivity index (χ1n) is 6.42. The summed E-state index contributed by atoms with van der Waals surface area (Å²) in [6, 6.07) is 8.67. The van der Waals surface area contributed by atoms with Gasteiger partial charge in [0.2, 0.25) is 0 Å². The van der Waals surface area contributed by atoms with Crippen LogP contribution in [0.5, 0.6) is 0 Å². The van der Waals surface area contributed by atoms with E-state index in [2.05, 4.69) is 39.5 Å². The van der Waals surface area contributed by atoms with Gasteiger partial charge in [0.05, 0.1) is 6.33 Å². The normalized spacial score (nSPS) is 16.9. The lowest BCUT2D eigenvalue weighted by Crippen LogP contribution is -2.42. The van der Waals surface area contributed by atoms with E-state index in [4.69, 9.17) is 0 Å². The largest absolute Gasteiger partial charge is 0.314 e. The molecule has 18 heavy (non-hydrogen) atoms. The van der Waals surface area contributed by atoms with E-state index < -0.39 is 0 Å². The summed E-state index contributed by atoms with van der Waals surface area (Å²) in [7, 11) is 0. The van der Waals surface area contributed by atoms with Crippen LogP contribution in [-0.4, -0.2) is 40.6 Å². The summed E-state index contributed by atoms with van der Waals surface area (Å²) in [6.07, 6.45) is 5.62. The van der Waals surface area contributed by atoms with Gasteiger partial charge in [0.15, 0.2) is 0 Å². The Hall–Kier alpha value is -1.65. The van der Waals surface area contributed by atoms with Crippen LogP contribution in [0.1, 0.15) is 5.56 Å². The third kappa shape index (κ3) is 2.60. The van der Waals surface area contributed by atoms with Crippen molar-refractivity contribution in [3.8, 4) is 5.69 Å². The van der Waals surface area contributed by atoms with Crippen LogP contribution in [0.2, 0.25) is 0 Å². The van der Waals surface area contributed by atoms with Crippen molar-refractivity contribution < 1.29 is 0 Å². The molecule has 1 fully saturated rings. The van der Waals surface area contributed by atoms with Gasteiger partial charge in [-0.3, -0.25) is 4.90 Å². The van der Waals surface area contributed by atoms with Gasteiger partial charge in [-0.2, -0.15) is 0 Å². The van der Waals surface area contributed by atoms with Crippen molar-refractivity contribution in [2.75, 3.05) is 26.2 Å². The van der Waals surface area contributed by atoms with Gasteiger partial charge in [-0.05, 0) is 17.7 Å². The molecule has 0 radical (unpaired) electrons. The van der Waals surface area contributed by atoms with Gasteiger partial charge in [-0.15, -0.1) is 0 Å². The molecule has 0 unspecified atom stereocenters. The Labute approximate surface area is 107 Å². The molecule has 0 atom stereocenters. The highest BCUT2D eigenvalue weighted by Gasteiger charge is 2.09. The van der Waals surface area contributed by atoms with E-state index in [-0.39, 0.29) is 0 Å². The van der Waals surface area contributed by atoms with Crippen LogP contribution < -0.4 is 5.32 Å². The fourth-order valence-corrected chi connectivity index (χ4v) is 2.35. The lowest BCUT2D eigenvalue weighted by molar-refractivity contribution is 0.233. The van der Waals surface area contributed by atoms with Gasteiger partial charge in [-0.1, -0.05) is 12.1 Å². The van der Waals surface area contributed by atoms with Crippen molar-refractivity contribution in [1.82, 2.24) is 19.8 Å². The highest BCUT2D eigenvalue weighted by atomic mass is 15.2. The second-order valence-corrected chi connectivity index (χ2v) is 4.67. The van der Waals surface area contributed by atoms with Crippen molar-refractivity contribution in [2.24, 2.45) is 0 Å². The zero-order valence-corrected chi connectivity index (χ0v) is 10.4. The SMILES string of the molecule is c1cc(CN2CCNCC2)cc(-n2ccnc2)c1. The second kappa shape index (κ2) is 5.33. The van der Waals surface area contributed by atoms with E-state index in [1.54, 1.807) is 0 Å². The number of hydrogen-bond donors (Lipinski definition) is 1. The van der Waals surface area contributed by atoms with Crippen LogP contribution in [0, 0.1) is 0 Å². The molecule has 1 aromatic heterocycles. The lowest BCUT2D eigenvalue weighted by atomic mass is 10.1. The zero-order chi connectivity index (χ0) is 12.2. The van der Waals surface area contributed by atoms with Crippen molar-refractivity contribution in [3.05, 3.63) is 48.5 Å². The molecular formula is C14H18N4. The minimum absolute atomic E-state index is 1.03. The molecular weight excluding hydrogens is 224 g/mol. The number of piperazine rings is 1. The lowest BCUT2D eigenvalue weighted by Gasteiger charge is -2.27. The summed E-state index contributed by atoms with van der Waals surface area (Å²) in [5, 5.41) is 3.38. The minimum Gasteiger partial charge on any atom is -0.314 e. The van der Waals surface area contributed by atoms with E-state index in [0.717, 1.165) is 32.7 Å². The summed E-state index contributed by atoms with van der Waals surface area (Å²) in [5.74, 6) is 0. The van der Waals surface area contributed by atoms with Crippen LogP contribution in [0.3, 0.4) is 0 Å². The zero-order valence-electron chi connectivity index (χ0n) is 10.4. The molecule has 0 amide bonds. The summed E-state index contributed by atoms with van der Waals surface area (Å²) >= 11 is 0. The molecule has 4 heteroatoms. The predicted molar refractivity (Wildman–Crippen MR) is 71.7 cm³/mol. The number of aromatic nitrogens is 2. The Morgan fingerprint density at radius 2 is 2.11 bits per heavy atom. The molecule has 3 rings (SSSR count). The summed E-state index contributed by atoms with van der Waals surface area (Å²) in [4.78, 5) is 6.58. The number of benzene rings is 1. The van der Waals surface area contributed by atoms with E-state index >= 15 is 0 Å².